The second-order valence-electron chi connectivity index (χ2n) is 8.24. The van der Waals surface area contributed by atoms with E-state index in [4.69, 9.17) is 19.5 Å². The van der Waals surface area contributed by atoms with Gasteiger partial charge in [0.05, 0.1) is 28.9 Å². The summed E-state index contributed by atoms with van der Waals surface area (Å²) in [7, 11) is 0. The fraction of sp³-hybridized carbons (Fsp3) is 0.276. The lowest BCUT2D eigenvalue weighted by Gasteiger charge is -2.15. The zero-order valence-electron chi connectivity index (χ0n) is 20.0. The van der Waals surface area contributed by atoms with Gasteiger partial charge < -0.3 is 14.2 Å². The maximum absolute atomic E-state index is 12.5. The van der Waals surface area contributed by atoms with Gasteiger partial charge in [0.25, 0.3) is 0 Å². The SMILES string of the molecule is CCCCCC[C@@H](C)Oc1ccc(OC(=O)c2ccc(OC(=O)c3ccc(C#N)cc3)cc2)cc1. The Hall–Kier alpha value is -4.11. The highest BCUT2D eigenvalue weighted by atomic mass is 16.5. The first-order chi connectivity index (χ1) is 17.0. The summed E-state index contributed by atoms with van der Waals surface area (Å²) in [6.07, 6.45) is 5.98. The molecule has 0 N–H and O–H groups in total. The molecule has 6 nitrogen and oxygen atoms in total. The molecule has 0 fully saturated rings. The largest absolute Gasteiger partial charge is 0.491 e. The number of ether oxygens (including phenoxy) is 3. The van der Waals surface area contributed by atoms with Crippen molar-refractivity contribution in [2.45, 2.75) is 52.1 Å². The topological polar surface area (TPSA) is 85.6 Å². The van der Waals surface area contributed by atoms with E-state index in [1.165, 1.54) is 55.7 Å². The molecular formula is C29H29NO5. The maximum atomic E-state index is 12.5. The number of carbonyl (C=O) groups excluding carboxylic acids is 2. The molecule has 0 aliphatic carbocycles. The van der Waals surface area contributed by atoms with Crippen LogP contribution in [-0.2, 0) is 0 Å². The van der Waals surface area contributed by atoms with Crippen LogP contribution in [0.3, 0.4) is 0 Å². The summed E-state index contributed by atoms with van der Waals surface area (Å²) in [6.45, 7) is 4.26. The number of nitriles is 1. The summed E-state index contributed by atoms with van der Waals surface area (Å²) in [5.41, 5.74) is 1.11. The number of hydrogen-bond acceptors (Lipinski definition) is 6. The van der Waals surface area contributed by atoms with Crippen molar-refractivity contribution in [2.75, 3.05) is 0 Å². The van der Waals surface area contributed by atoms with E-state index in [0.29, 0.717) is 28.2 Å². The predicted molar refractivity (Wildman–Crippen MR) is 133 cm³/mol. The minimum absolute atomic E-state index is 0.129. The molecule has 35 heavy (non-hydrogen) atoms. The molecule has 0 bridgehead atoms. The van der Waals surface area contributed by atoms with Crippen LogP contribution >= 0.6 is 0 Å². The van der Waals surface area contributed by atoms with E-state index >= 15 is 0 Å². The van der Waals surface area contributed by atoms with Crippen molar-refractivity contribution < 1.29 is 23.8 Å². The van der Waals surface area contributed by atoms with E-state index < -0.39 is 11.9 Å². The molecule has 0 amide bonds. The Labute approximate surface area is 206 Å². The smallest absolute Gasteiger partial charge is 0.343 e. The first-order valence-corrected chi connectivity index (χ1v) is 11.8. The molecule has 6 heteroatoms. The summed E-state index contributed by atoms with van der Waals surface area (Å²) < 4.78 is 16.7. The molecule has 1 atom stereocenters. The highest BCUT2D eigenvalue weighted by Gasteiger charge is 2.12. The molecule has 0 aliphatic heterocycles. The van der Waals surface area contributed by atoms with Gasteiger partial charge >= 0.3 is 11.9 Å². The zero-order chi connectivity index (χ0) is 25.0. The number of unbranched alkanes of at least 4 members (excludes halogenated alkanes) is 3. The Morgan fingerprint density at radius 3 is 1.74 bits per heavy atom. The van der Waals surface area contributed by atoms with Gasteiger partial charge in [-0.3, -0.25) is 0 Å². The number of rotatable bonds is 11. The highest BCUT2D eigenvalue weighted by molar-refractivity contribution is 5.92. The van der Waals surface area contributed by atoms with Gasteiger partial charge in [0.15, 0.2) is 0 Å². The summed E-state index contributed by atoms with van der Waals surface area (Å²) in [6, 6.07) is 21.2. The molecule has 0 spiro atoms. The Kier molecular flexibility index (Phi) is 9.44. The molecular weight excluding hydrogens is 442 g/mol. The molecule has 0 unspecified atom stereocenters. The number of hydrogen-bond donors (Lipinski definition) is 0. The van der Waals surface area contributed by atoms with Gasteiger partial charge in [-0.15, -0.1) is 0 Å². The highest BCUT2D eigenvalue weighted by Crippen LogP contribution is 2.22. The molecule has 0 aliphatic rings. The average Bonchev–Trinajstić information content (AvgIpc) is 2.88. The van der Waals surface area contributed by atoms with Gasteiger partial charge in [-0.25, -0.2) is 9.59 Å². The summed E-state index contributed by atoms with van der Waals surface area (Å²) >= 11 is 0. The van der Waals surface area contributed by atoms with E-state index in [1.54, 1.807) is 36.4 Å². The van der Waals surface area contributed by atoms with Crippen molar-refractivity contribution in [3.05, 3.63) is 89.5 Å². The Morgan fingerprint density at radius 2 is 1.23 bits per heavy atom. The average molecular weight is 472 g/mol. The van der Waals surface area contributed by atoms with E-state index in [1.807, 2.05) is 6.07 Å². The monoisotopic (exact) mass is 471 g/mol. The molecule has 0 aromatic heterocycles. The van der Waals surface area contributed by atoms with E-state index in [9.17, 15) is 9.59 Å². The van der Waals surface area contributed by atoms with E-state index in [2.05, 4.69) is 13.8 Å². The second-order valence-corrected chi connectivity index (χ2v) is 8.24. The van der Waals surface area contributed by atoms with Gasteiger partial charge in [0, 0.05) is 0 Å². The normalized spacial score (nSPS) is 11.2. The standard InChI is InChI=1S/C29H29NO5/c1-3-4-5-6-7-21(2)33-25-16-18-27(19-17-25)35-29(32)24-12-14-26(15-13-24)34-28(31)23-10-8-22(20-30)9-11-23/h8-19,21H,3-7H2,1-2H3/t21-/m1/s1. The van der Waals surface area contributed by atoms with Crippen LogP contribution in [0.2, 0.25) is 0 Å². The summed E-state index contributed by atoms with van der Waals surface area (Å²) in [5, 5.41) is 8.84. The lowest BCUT2D eigenvalue weighted by molar-refractivity contribution is 0.0730. The molecule has 3 rings (SSSR count). The lowest BCUT2D eigenvalue weighted by atomic mass is 10.1. The number of carbonyl (C=O) groups is 2. The Balaban J connectivity index is 1.49. The van der Waals surface area contributed by atoms with Gasteiger partial charge in [-0.05, 0) is 92.6 Å². The molecule has 0 saturated carbocycles. The second kappa shape index (κ2) is 13.0. The quantitative estimate of drug-likeness (QED) is 0.175. The van der Waals surface area contributed by atoms with E-state index in [0.717, 1.165) is 18.6 Å². The van der Waals surface area contributed by atoms with Gasteiger partial charge in [0.2, 0.25) is 0 Å². The van der Waals surface area contributed by atoms with Crippen LogP contribution < -0.4 is 14.2 Å². The third-order valence-electron chi connectivity index (χ3n) is 5.39. The van der Waals surface area contributed by atoms with Crippen LogP contribution in [0.5, 0.6) is 17.2 Å². The summed E-state index contributed by atoms with van der Waals surface area (Å²) in [5.74, 6) is 0.368. The number of benzene rings is 3. The molecule has 180 valence electrons. The van der Waals surface area contributed by atoms with Gasteiger partial charge in [-0.2, -0.15) is 5.26 Å². The van der Waals surface area contributed by atoms with Crippen LogP contribution in [0.4, 0.5) is 0 Å². The Bertz CT molecular complexity index is 1150. The van der Waals surface area contributed by atoms with Crippen LogP contribution in [0.15, 0.2) is 72.8 Å². The van der Waals surface area contributed by atoms with Crippen molar-refractivity contribution >= 4 is 11.9 Å². The third-order valence-corrected chi connectivity index (χ3v) is 5.39. The lowest BCUT2D eigenvalue weighted by Crippen LogP contribution is -2.12. The molecule has 3 aromatic rings. The summed E-state index contributed by atoms with van der Waals surface area (Å²) in [4.78, 5) is 24.7. The van der Waals surface area contributed by atoms with Crippen LogP contribution in [0, 0.1) is 11.3 Å². The zero-order valence-corrected chi connectivity index (χ0v) is 20.0. The van der Waals surface area contributed by atoms with Crippen molar-refractivity contribution in [2.24, 2.45) is 0 Å². The van der Waals surface area contributed by atoms with E-state index in [-0.39, 0.29) is 6.10 Å². The Morgan fingerprint density at radius 1 is 0.743 bits per heavy atom. The number of esters is 2. The third kappa shape index (κ3) is 8.01. The minimum atomic E-state index is -0.553. The minimum Gasteiger partial charge on any atom is -0.491 e. The fourth-order valence-corrected chi connectivity index (χ4v) is 3.41. The predicted octanol–water partition coefficient (Wildman–Crippen LogP) is 6.73. The first-order valence-electron chi connectivity index (χ1n) is 11.8. The molecule has 0 heterocycles. The maximum Gasteiger partial charge on any atom is 0.343 e. The van der Waals surface area contributed by atoms with Crippen LogP contribution in [0.25, 0.3) is 0 Å². The van der Waals surface area contributed by atoms with Gasteiger partial charge in [-0.1, -0.05) is 26.2 Å². The van der Waals surface area contributed by atoms with Crippen molar-refractivity contribution in [1.82, 2.24) is 0 Å². The van der Waals surface area contributed by atoms with Crippen LogP contribution in [-0.4, -0.2) is 18.0 Å². The molecule has 0 radical (unpaired) electrons. The molecule has 0 saturated heterocycles. The fourth-order valence-electron chi connectivity index (χ4n) is 3.41. The molecule has 3 aromatic carbocycles. The van der Waals surface area contributed by atoms with Crippen molar-refractivity contribution in [3.63, 3.8) is 0 Å². The number of nitrogens with zero attached hydrogens (tertiary/aromatic N) is 1. The van der Waals surface area contributed by atoms with Gasteiger partial charge in [0.1, 0.15) is 17.2 Å². The van der Waals surface area contributed by atoms with Crippen molar-refractivity contribution in [3.8, 4) is 23.3 Å². The van der Waals surface area contributed by atoms with Crippen molar-refractivity contribution in [1.29, 1.82) is 5.26 Å². The van der Waals surface area contributed by atoms with Crippen LogP contribution in [0.1, 0.15) is 72.2 Å². The first kappa shape index (κ1) is 25.5.